The van der Waals surface area contributed by atoms with Crippen LogP contribution in [0.1, 0.15) is 64.7 Å². The number of hydrogen-bond donors (Lipinski definition) is 4. The van der Waals surface area contributed by atoms with E-state index < -0.39 is 11.5 Å². The van der Waals surface area contributed by atoms with Gasteiger partial charge in [-0.05, 0) is 60.4 Å². The lowest BCUT2D eigenvalue weighted by molar-refractivity contribution is -0.136. The van der Waals surface area contributed by atoms with Gasteiger partial charge >= 0.3 is 0 Å². The molecule has 1 atom stereocenters. The van der Waals surface area contributed by atoms with E-state index in [4.69, 9.17) is 24.7 Å². The summed E-state index contributed by atoms with van der Waals surface area (Å²) in [5, 5.41) is 22.0. The summed E-state index contributed by atoms with van der Waals surface area (Å²) < 4.78 is 25.3. The van der Waals surface area contributed by atoms with Gasteiger partial charge in [-0.1, -0.05) is 73.7 Å². The molecule has 1 unspecified atom stereocenters. The number of benzene rings is 3. The molecule has 5 N–H and O–H groups in total. The number of piperidine rings is 1. The molecule has 1 aliphatic rings. The van der Waals surface area contributed by atoms with Crippen LogP contribution in [-0.2, 0) is 55.1 Å². The first-order valence-corrected chi connectivity index (χ1v) is 22.7. The van der Waals surface area contributed by atoms with Crippen LogP contribution < -0.4 is 21.9 Å². The molecule has 17 nitrogen and oxygen atoms in total. The van der Waals surface area contributed by atoms with Gasteiger partial charge in [0, 0.05) is 50.8 Å². The van der Waals surface area contributed by atoms with Crippen LogP contribution in [0.4, 0.5) is 0 Å². The van der Waals surface area contributed by atoms with Crippen molar-refractivity contribution in [2.45, 2.75) is 64.1 Å². The lowest BCUT2D eigenvalue weighted by Crippen LogP contribution is -2.49. The van der Waals surface area contributed by atoms with Gasteiger partial charge in [-0.3, -0.25) is 28.4 Å². The minimum atomic E-state index is -1.16. The third-order valence-corrected chi connectivity index (χ3v) is 11.9. The fourth-order valence-corrected chi connectivity index (χ4v) is 8.06. The van der Waals surface area contributed by atoms with Gasteiger partial charge in [0.05, 0.1) is 83.6 Å². The highest BCUT2D eigenvalue weighted by molar-refractivity contribution is 5.94. The number of nitrogens with two attached hydrogens (primary N) is 1. The quantitative estimate of drug-likeness (QED) is 0.0589. The Morgan fingerprint density at radius 3 is 2.17 bits per heavy atom. The number of ether oxygens (including phenoxy) is 4. The second kappa shape index (κ2) is 24.6. The van der Waals surface area contributed by atoms with Crippen LogP contribution >= 0.6 is 0 Å². The highest BCUT2D eigenvalue weighted by Crippen LogP contribution is 2.28. The second-order valence-electron chi connectivity index (χ2n) is 16.8. The Balaban J connectivity index is 0.815. The second-order valence-corrected chi connectivity index (χ2v) is 16.8. The monoisotopic (exact) mass is 908 g/mol. The first kappa shape index (κ1) is 49.6. The molecule has 354 valence electrons. The summed E-state index contributed by atoms with van der Waals surface area (Å²) in [5.74, 6) is -0.412. The minimum absolute atomic E-state index is 0.0597. The van der Waals surface area contributed by atoms with Crippen molar-refractivity contribution in [2.75, 3.05) is 79.0 Å². The molecule has 0 spiro atoms. The molecule has 17 heteroatoms. The molecule has 1 fully saturated rings. The lowest BCUT2D eigenvalue weighted by Gasteiger charge is -2.38. The number of aromatic nitrogens is 4. The Hall–Kier alpha value is -5.82. The van der Waals surface area contributed by atoms with E-state index in [9.17, 15) is 24.3 Å². The Bertz CT molecular complexity index is 2410. The summed E-state index contributed by atoms with van der Waals surface area (Å²) in [7, 11) is 1.77. The molecule has 1 aliphatic heterocycles. The van der Waals surface area contributed by atoms with Crippen LogP contribution in [0.2, 0.25) is 0 Å². The molecule has 3 heterocycles. The number of carbonyl (C=O) groups excluding carboxylic acids is 3. The van der Waals surface area contributed by atoms with E-state index in [2.05, 4.69) is 20.7 Å². The molecule has 0 radical (unpaired) electrons. The number of nitrogens with zero attached hydrogens (tertiary/aromatic N) is 5. The predicted octanol–water partition coefficient (Wildman–Crippen LogP) is 3.27. The van der Waals surface area contributed by atoms with E-state index in [1.54, 1.807) is 22.7 Å². The SMILES string of the molecule is Cc1c(CCOCCOCCOCCOCCNC(=O)CNCc2ccc(-c3c4ncn(CC5(O)CCN(C(=O)CC(C)c6ccccc6)CC5)c(=O)c4nn3C)cc2)cccc1C(N)=O. The van der Waals surface area contributed by atoms with Gasteiger partial charge < -0.3 is 45.3 Å². The van der Waals surface area contributed by atoms with Crippen molar-refractivity contribution in [3.05, 3.63) is 117 Å². The fraction of sp³-hybridized carbons (Fsp3) is 0.469. The van der Waals surface area contributed by atoms with Crippen LogP contribution in [0.15, 0.2) is 83.9 Å². The zero-order valence-corrected chi connectivity index (χ0v) is 38.3. The number of hydrogen-bond acceptors (Lipinski definition) is 12. The third-order valence-electron chi connectivity index (χ3n) is 11.9. The number of likely N-dealkylation sites (tertiary alicyclic amines) is 1. The number of nitrogens with one attached hydrogen (secondary N) is 2. The average Bonchev–Trinajstić information content (AvgIpc) is 3.65. The Labute approximate surface area is 385 Å². The largest absolute Gasteiger partial charge is 0.388 e. The van der Waals surface area contributed by atoms with Gasteiger partial charge in [0.1, 0.15) is 5.52 Å². The van der Waals surface area contributed by atoms with Gasteiger partial charge in [-0.2, -0.15) is 5.10 Å². The van der Waals surface area contributed by atoms with Crippen LogP contribution in [-0.4, -0.2) is 132 Å². The number of aryl methyl sites for hydroxylation is 1. The zero-order valence-electron chi connectivity index (χ0n) is 38.3. The number of fused-ring (bicyclic) bond motifs is 1. The predicted molar refractivity (Wildman–Crippen MR) is 250 cm³/mol. The van der Waals surface area contributed by atoms with Crippen LogP contribution in [0, 0.1) is 6.92 Å². The van der Waals surface area contributed by atoms with E-state index in [0.717, 1.165) is 27.8 Å². The number of primary amides is 1. The van der Waals surface area contributed by atoms with Gasteiger partial charge in [0.2, 0.25) is 17.7 Å². The van der Waals surface area contributed by atoms with E-state index in [1.807, 2.05) is 80.6 Å². The smallest absolute Gasteiger partial charge is 0.281 e. The molecule has 0 saturated carbocycles. The van der Waals surface area contributed by atoms with Crippen molar-refractivity contribution in [1.29, 1.82) is 0 Å². The van der Waals surface area contributed by atoms with Gasteiger partial charge in [-0.25, -0.2) is 4.98 Å². The Kier molecular flexibility index (Phi) is 18.5. The first-order valence-electron chi connectivity index (χ1n) is 22.7. The summed E-state index contributed by atoms with van der Waals surface area (Å²) in [6.45, 7) is 9.30. The Morgan fingerprint density at radius 1 is 0.848 bits per heavy atom. The van der Waals surface area contributed by atoms with E-state index >= 15 is 0 Å². The molecular formula is C49H64N8O9. The van der Waals surface area contributed by atoms with Gasteiger partial charge in [0.15, 0.2) is 5.52 Å². The molecule has 0 aliphatic carbocycles. The fourth-order valence-electron chi connectivity index (χ4n) is 8.06. The van der Waals surface area contributed by atoms with Crippen molar-refractivity contribution < 1.29 is 38.4 Å². The lowest BCUT2D eigenvalue weighted by atomic mass is 9.90. The van der Waals surface area contributed by atoms with Crippen molar-refractivity contribution in [2.24, 2.45) is 12.8 Å². The van der Waals surface area contributed by atoms with Gasteiger partial charge in [0.25, 0.3) is 5.56 Å². The van der Waals surface area contributed by atoms with Gasteiger partial charge in [-0.15, -0.1) is 0 Å². The maximum atomic E-state index is 13.6. The zero-order chi connectivity index (χ0) is 46.9. The summed E-state index contributed by atoms with van der Waals surface area (Å²) in [4.78, 5) is 57.0. The van der Waals surface area contributed by atoms with E-state index in [1.165, 1.54) is 10.9 Å². The highest BCUT2D eigenvalue weighted by Gasteiger charge is 2.35. The number of carbonyl (C=O) groups is 3. The molecule has 0 bridgehead atoms. The molecule has 66 heavy (non-hydrogen) atoms. The van der Waals surface area contributed by atoms with E-state index in [-0.39, 0.29) is 41.9 Å². The van der Waals surface area contributed by atoms with Crippen molar-refractivity contribution in [3.63, 3.8) is 0 Å². The minimum Gasteiger partial charge on any atom is -0.388 e. The molecule has 2 aromatic heterocycles. The molecule has 1 saturated heterocycles. The normalized spacial score (nSPS) is 14.1. The average molecular weight is 909 g/mol. The number of rotatable bonds is 26. The molecule has 6 rings (SSSR count). The van der Waals surface area contributed by atoms with Crippen LogP contribution in [0.3, 0.4) is 0 Å². The standard InChI is InChI=1S/C49H64N8O9/c1-35(38-8-5-4-6-9-38)30-43(59)56-20-17-49(62,18-21-56)33-57-34-53-44-45(48(57)61)54-55(3)46(44)40-14-12-37(13-15-40)31-51-32-42(58)52-19-23-64-25-27-66-29-28-65-26-24-63-22-16-39-10-7-11-41(36(39)2)47(50)60/h4-15,34-35,51,62H,16-33H2,1-3H3,(H2,50,60)(H,52,58). The number of aliphatic hydroxyl groups is 1. The van der Waals surface area contributed by atoms with Crippen molar-refractivity contribution in [3.8, 4) is 11.3 Å². The van der Waals surface area contributed by atoms with Crippen LogP contribution in [0.25, 0.3) is 22.3 Å². The summed E-state index contributed by atoms with van der Waals surface area (Å²) in [5.41, 5.74) is 10.7. The third kappa shape index (κ3) is 14.1. The molecular weight excluding hydrogens is 845 g/mol. The van der Waals surface area contributed by atoms with Crippen molar-refractivity contribution >= 4 is 28.8 Å². The number of amides is 3. The summed E-state index contributed by atoms with van der Waals surface area (Å²) >= 11 is 0. The molecule has 3 aromatic carbocycles. The summed E-state index contributed by atoms with van der Waals surface area (Å²) in [6.07, 6.45) is 3.27. The van der Waals surface area contributed by atoms with E-state index in [0.29, 0.717) is 121 Å². The van der Waals surface area contributed by atoms with Crippen LogP contribution in [0.5, 0.6) is 0 Å². The Morgan fingerprint density at radius 2 is 1.50 bits per heavy atom. The maximum Gasteiger partial charge on any atom is 0.281 e. The topological polar surface area (TPSA) is 214 Å². The maximum absolute atomic E-state index is 13.6. The summed E-state index contributed by atoms with van der Waals surface area (Å²) in [6, 6.07) is 23.3. The molecule has 5 aromatic rings. The van der Waals surface area contributed by atoms with Crippen molar-refractivity contribution in [1.82, 2.24) is 34.9 Å². The molecule has 3 amide bonds. The highest BCUT2D eigenvalue weighted by atomic mass is 16.6. The first-order chi connectivity index (χ1) is 31.9.